The Morgan fingerprint density at radius 2 is 2.04 bits per heavy atom. The molecule has 0 amide bonds. The maximum Gasteiger partial charge on any atom is 0.204 e. The number of aromatic nitrogens is 4. The van der Waals surface area contributed by atoms with Crippen molar-refractivity contribution in [2.75, 3.05) is 24.7 Å². The molecule has 1 fully saturated rings. The van der Waals surface area contributed by atoms with Crippen LogP contribution in [0.5, 0.6) is 0 Å². The van der Waals surface area contributed by atoms with Gasteiger partial charge in [-0.1, -0.05) is 30.3 Å². The second kappa shape index (κ2) is 5.95. The van der Waals surface area contributed by atoms with E-state index in [-0.39, 0.29) is 12.6 Å². The van der Waals surface area contributed by atoms with Crippen LogP contribution in [0.1, 0.15) is 12.8 Å². The van der Waals surface area contributed by atoms with Gasteiger partial charge in [0.2, 0.25) is 5.65 Å². The highest BCUT2D eigenvalue weighted by Gasteiger charge is 2.23. The Morgan fingerprint density at radius 1 is 1.17 bits per heavy atom. The van der Waals surface area contributed by atoms with E-state index in [1.54, 1.807) is 6.20 Å². The number of hydrogen-bond donors (Lipinski definition) is 0. The van der Waals surface area contributed by atoms with Gasteiger partial charge in [-0.15, -0.1) is 10.2 Å². The van der Waals surface area contributed by atoms with Gasteiger partial charge in [-0.3, -0.25) is 8.79 Å². The molecule has 4 rings (SSSR count). The second-order valence-corrected chi connectivity index (χ2v) is 5.94. The van der Waals surface area contributed by atoms with E-state index < -0.39 is 0 Å². The van der Waals surface area contributed by atoms with Crippen LogP contribution >= 0.6 is 0 Å². The summed E-state index contributed by atoms with van der Waals surface area (Å²) in [5, 5.41) is 8.67. The number of hydrogen-bond acceptors (Lipinski definition) is 4. The van der Waals surface area contributed by atoms with Gasteiger partial charge in [-0.05, 0) is 12.8 Å². The third-order valence-electron chi connectivity index (χ3n) is 4.38. The fourth-order valence-electron chi connectivity index (χ4n) is 3.20. The average Bonchev–Trinajstić information content (AvgIpc) is 3.06. The zero-order valence-corrected chi connectivity index (χ0v) is 12.8. The normalized spacial score (nSPS) is 18.5. The van der Waals surface area contributed by atoms with Crippen LogP contribution in [0.3, 0.4) is 0 Å². The van der Waals surface area contributed by atoms with E-state index in [1.807, 2.05) is 40.9 Å². The molecule has 1 aliphatic rings. The first-order chi connectivity index (χ1) is 11.4. The summed E-state index contributed by atoms with van der Waals surface area (Å²) in [5.74, 6) is 1.67. The van der Waals surface area contributed by atoms with Crippen LogP contribution in [0.2, 0.25) is 0 Å². The highest BCUT2D eigenvalue weighted by atomic mass is 19.1. The van der Waals surface area contributed by atoms with Crippen molar-refractivity contribution in [1.82, 2.24) is 19.6 Å². The lowest BCUT2D eigenvalue weighted by Crippen LogP contribution is -2.37. The molecule has 1 aromatic carbocycles. The number of rotatable bonds is 3. The molecule has 2 aromatic heterocycles. The summed E-state index contributed by atoms with van der Waals surface area (Å²) in [4.78, 5) is 6.62. The summed E-state index contributed by atoms with van der Waals surface area (Å²) in [7, 11) is 0. The zero-order valence-electron chi connectivity index (χ0n) is 12.8. The third-order valence-corrected chi connectivity index (χ3v) is 4.38. The van der Waals surface area contributed by atoms with Crippen LogP contribution in [-0.4, -0.2) is 39.3 Å². The molecule has 3 heterocycles. The number of halogens is 1. The van der Waals surface area contributed by atoms with Crippen molar-refractivity contribution < 1.29 is 4.39 Å². The van der Waals surface area contributed by atoms with Gasteiger partial charge in [0.25, 0.3) is 0 Å². The fraction of sp³-hybridized carbons (Fsp3) is 0.353. The third kappa shape index (κ3) is 2.54. The van der Waals surface area contributed by atoms with Crippen LogP contribution < -0.4 is 4.90 Å². The number of benzene rings is 1. The van der Waals surface area contributed by atoms with Crippen molar-refractivity contribution in [2.24, 2.45) is 5.92 Å². The van der Waals surface area contributed by atoms with Gasteiger partial charge in [-0.2, -0.15) is 0 Å². The van der Waals surface area contributed by atoms with Gasteiger partial charge in [0.1, 0.15) is 0 Å². The molecule has 1 saturated heterocycles. The quantitative estimate of drug-likeness (QED) is 0.746. The maximum atomic E-state index is 13.0. The van der Waals surface area contributed by atoms with Crippen molar-refractivity contribution in [3.63, 3.8) is 0 Å². The first-order valence-corrected chi connectivity index (χ1v) is 7.93. The molecule has 0 N–H and O–H groups in total. The molecule has 0 radical (unpaired) electrons. The van der Waals surface area contributed by atoms with Crippen LogP contribution in [-0.2, 0) is 0 Å². The Balaban J connectivity index is 1.76. The smallest absolute Gasteiger partial charge is 0.204 e. The number of piperidine rings is 1. The van der Waals surface area contributed by atoms with Crippen molar-refractivity contribution in [3.05, 3.63) is 42.7 Å². The Kier molecular flexibility index (Phi) is 3.65. The topological polar surface area (TPSA) is 46.3 Å². The van der Waals surface area contributed by atoms with E-state index in [9.17, 15) is 4.39 Å². The van der Waals surface area contributed by atoms with Crippen LogP contribution in [0.25, 0.3) is 17.0 Å². The van der Waals surface area contributed by atoms with Crippen molar-refractivity contribution in [2.45, 2.75) is 12.8 Å². The number of anilines is 1. The SMILES string of the molecule is FCC1CCCN(c2nccn3c(-c4ccccc4)nnc23)C1. The van der Waals surface area contributed by atoms with Crippen molar-refractivity contribution in [1.29, 1.82) is 0 Å². The Hall–Kier alpha value is -2.50. The van der Waals surface area contributed by atoms with Crippen LogP contribution in [0.15, 0.2) is 42.7 Å². The molecule has 118 valence electrons. The molecule has 1 atom stereocenters. The Bertz CT molecular complexity index is 801. The predicted octanol–water partition coefficient (Wildman–Crippen LogP) is 2.98. The number of alkyl halides is 1. The summed E-state index contributed by atoms with van der Waals surface area (Å²) in [6.45, 7) is 1.30. The minimum absolute atomic E-state index is 0.0855. The van der Waals surface area contributed by atoms with E-state index >= 15 is 0 Å². The molecule has 1 unspecified atom stereocenters. The van der Waals surface area contributed by atoms with E-state index in [4.69, 9.17) is 0 Å². The van der Waals surface area contributed by atoms with Gasteiger partial charge >= 0.3 is 0 Å². The first-order valence-electron chi connectivity index (χ1n) is 7.93. The minimum Gasteiger partial charge on any atom is -0.353 e. The molecular formula is C17H18FN5. The lowest BCUT2D eigenvalue weighted by molar-refractivity contribution is 0.315. The second-order valence-electron chi connectivity index (χ2n) is 5.94. The maximum absolute atomic E-state index is 13.0. The molecular weight excluding hydrogens is 293 g/mol. The summed E-state index contributed by atoms with van der Waals surface area (Å²) in [6, 6.07) is 9.96. The Morgan fingerprint density at radius 3 is 2.87 bits per heavy atom. The minimum atomic E-state index is -0.276. The molecule has 5 nitrogen and oxygen atoms in total. The molecule has 6 heteroatoms. The standard InChI is InChI=1S/C17H18FN5/c18-11-13-5-4-9-22(12-13)16-17-21-20-15(23(17)10-8-19-16)14-6-2-1-3-7-14/h1-3,6-8,10,13H,4-5,9,11-12H2. The largest absolute Gasteiger partial charge is 0.353 e. The lowest BCUT2D eigenvalue weighted by Gasteiger charge is -2.32. The lowest BCUT2D eigenvalue weighted by atomic mass is 10.00. The number of nitrogens with zero attached hydrogens (tertiary/aromatic N) is 5. The summed E-state index contributed by atoms with van der Waals surface area (Å²) in [5.41, 5.74) is 1.74. The van der Waals surface area contributed by atoms with Crippen LogP contribution in [0.4, 0.5) is 10.2 Å². The van der Waals surface area contributed by atoms with E-state index in [0.717, 1.165) is 42.2 Å². The van der Waals surface area contributed by atoms with Crippen molar-refractivity contribution >= 4 is 11.5 Å². The van der Waals surface area contributed by atoms with E-state index in [2.05, 4.69) is 20.1 Å². The summed E-state index contributed by atoms with van der Waals surface area (Å²) < 4.78 is 15.0. The average molecular weight is 311 g/mol. The van der Waals surface area contributed by atoms with E-state index in [0.29, 0.717) is 6.54 Å². The van der Waals surface area contributed by atoms with Gasteiger partial charge < -0.3 is 4.90 Å². The fourth-order valence-corrected chi connectivity index (χ4v) is 3.20. The number of fused-ring (bicyclic) bond motifs is 1. The van der Waals surface area contributed by atoms with Gasteiger partial charge in [0.15, 0.2) is 11.6 Å². The molecule has 0 spiro atoms. The zero-order chi connectivity index (χ0) is 15.6. The van der Waals surface area contributed by atoms with E-state index in [1.165, 1.54) is 0 Å². The van der Waals surface area contributed by atoms with Gasteiger partial charge in [0.05, 0.1) is 6.67 Å². The first kappa shape index (κ1) is 14.1. The van der Waals surface area contributed by atoms with Gasteiger partial charge in [0, 0.05) is 37.0 Å². The molecule has 0 bridgehead atoms. The summed E-state index contributed by atoms with van der Waals surface area (Å²) >= 11 is 0. The molecule has 23 heavy (non-hydrogen) atoms. The Labute approximate surface area is 133 Å². The summed E-state index contributed by atoms with van der Waals surface area (Å²) in [6.07, 6.45) is 5.56. The van der Waals surface area contributed by atoms with Gasteiger partial charge in [-0.25, -0.2) is 4.98 Å². The monoisotopic (exact) mass is 311 g/mol. The molecule has 0 aliphatic carbocycles. The molecule has 0 saturated carbocycles. The van der Waals surface area contributed by atoms with Crippen molar-refractivity contribution in [3.8, 4) is 11.4 Å². The van der Waals surface area contributed by atoms with Crippen LogP contribution in [0, 0.1) is 5.92 Å². The highest BCUT2D eigenvalue weighted by molar-refractivity contribution is 5.68. The molecule has 3 aromatic rings. The predicted molar refractivity (Wildman–Crippen MR) is 87.1 cm³/mol. The highest BCUT2D eigenvalue weighted by Crippen LogP contribution is 2.26. The molecule has 1 aliphatic heterocycles.